The number of rotatable bonds is 2. The number of nitrogens with zero attached hydrogens (tertiary/aromatic N) is 2. The fraction of sp³-hybridized carbons (Fsp3) is 0.316. The van der Waals surface area contributed by atoms with Crippen LogP contribution in [0.2, 0.25) is 0 Å². The van der Waals surface area contributed by atoms with Crippen LogP contribution in [0.5, 0.6) is 0 Å². The van der Waals surface area contributed by atoms with E-state index in [-0.39, 0.29) is 13.7 Å². The van der Waals surface area contributed by atoms with E-state index in [1.165, 1.54) is 4.57 Å². The Labute approximate surface area is 146 Å². The SMILES string of the molecule is CCOC(=O)c1nc2ccccc2c2c1ccn2C(=O)OC(C)(C)C.[H+]. The number of aromatic nitrogens is 2. The van der Waals surface area contributed by atoms with Crippen molar-refractivity contribution in [3.63, 3.8) is 0 Å². The van der Waals surface area contributed by atoms with Gasteiger partial charge >= 0.3 is 13.5 Å². The van der Waals surface area contributed by atoms with Crippen molar-refractivity contribution >= 4 is 33.9 Å². The fourth-order valence-electron chi connectivity index (χ4n) is 2.67. The second-order valence-electron chi connectivity index (χ2n) is 6.63. The summed E-state index contributed by atoms with van der Waals surface area (Å²) in [5, 5.41) is 1.32. The highest BCUT2D eigenvalue weighted by atomic mass is 16.6. The van der Waals surface area contributed by atoms with Crippen molar-refractivity contribution in [2.75, 3.05) is 6.61 Å². The molecule has 0 spiro atoms. The third-order valence-electron chi connectivity index (χ3n) is 3.59. The van der Waals surface area contributed by atoms with Crippen LogP contribution < -0.4 is 0 Å². The molecule has 0 N–H and O–H groups in total. The zero-order valence-electron chi connectivity index (χ0n) is 15.7. The van der Waals surface area contributed by atoms with Crippen LogP contribution in [-0.2, 0) is 9.47 Å². The summed E-state index contributed by atoms with van der Waals surface area (Å²) >= 11 is 0. The Morgan fingerprint density at radius 3 is 2.56 bits per heavy atom. The third-order valence-corrected chi connectivity index (χ3v) is 3.59. The molecule has 3 aromatic rings. The van der Waals surface area contributed by atoms with E-state index in [0.717, 1.165) is 5.39 Å². The average molecular weight is 341 g/mol. The summed E-state index contributed by atoms with van der Waals surface area (Å²) in [6.45, 7) is 7.41. The number of hydrogen-bond acceptors (Lipinski definition) is 5. The number of pyridine rings is 1. The molecule has 0 aliphatic heterocycles. The lowest BCUT2D eigenvalue weighted by Gasteiger charge is -2.20. The van der Waals surface area contributed by atoms with Gasteiger partial charge in [-0.15, -0.1) is 0 Å². The third kappa shape index (κ3) is 3.20. The van der Waals surface area contributed by atoms with Crippen molar-refractivity contribution in [2.45, 2.75) is 33.3 Å². The molecule has 0 aliphatic rings. The van der Waals surface area contributed by atoms with E-state index in [1.54, 1.807) is 46.0 Å². The van der Waals surface area contributed by atoms with Crippen LogP contribution in [0.1, 0.15) is 39.6 Å². The van der Waals surface area contributed by atoms with Crippen molar-refractivity contribution in [2.24, 2.45) is 0 Å². The molecular formula is C19H21N2O4+. The monoisotopic (exact) mass is 341 g/mol. The quantitative estimate of drug-likeness (QED) is 0.651. The molecule has 0 saturated heterocycles. The molecular weight excluding hydrogens is 320 g/mol. The normalized spacial score (nSPS) is 11.7. The highest BCUT2D eigenvalue weighted by Gasteiger charge is 2.23. The number of carbonyl (C=O) groups excluding carboxylic acids is 2. The zero-order chi connectivity index (χ0) is 18.2. The number of benzene rings is 1. The first-order chi connectivity index (χ1) is 11.8. The van der Waals surface area contributed by atoms with Crippen LogP contribution in [-0.4, -0.2) is 33.8 Å². The highest BCUT2D eigenvalue weighted by Crippen LogP contribution is 2.28. The minimum atomic E-state index is -0.625. The van der Waals surface area contributed by atoms with E-state index < -0.39 is 17.7 Å². The van der Waals surface area contributed by atoms with Crippen molar-refractivity contribution < 1.29 is 20.5 Å². The Hall–Kier alpha value is -2.89. The predicted octanol–water partition coefficient (Wildman–Crippen LogP) is 4.26. The Morgan fingerprint density at radius 1 is 1.16 bits per heavy atom. The topological polar surface area (TPSA) is 70.4 Å². The molecule has 0 bridgehead atoms. The second kappa shape index (κ2) is 6.20. The van der Waals surface area contributed by atoms with Crippen LogP contribution >= 0.6 is 0 Å². The molecule has 2 heterocycles. The number of para-hydroxylation sites is 1. The number of fused-ring (bicyclic) bond motifs is 3. The Morgan fingerprint density at radius 2 is 1.88 bits per heavy atom. The van der Waals surface area contributed by atoms with Gasteiger partial charge in [-0.3, -0.25) is 4.57 Å². The summed E-state index contributed by atoms with van der Waals surface area (Å²) < 4.78 is 12.0. The van der Waals surface area contributed by atoms with Crippen molar-refractivity contribution in [3.05, 3.63) is 42.2 Å². The lowest BCUT2D eigenvalue weighted by Crippen LogP contribution is -2.26. The molecule has 2 aromatic heterocycles. The number of hydrogen-bond donors (Lipinski definition) is 0. The summed E-state index contributed by atoms with van der Waals surface area (Å²) in [6, 6.07) is 9.03. The largest absolute Gasteiger partial charge is 1.00 e. The summed E-state index contributed by atoms with van der Waals surface area (Å²) in [5.41, 5.74) is 0.767. The first-order valence-electron chi connectivity index (χ1n) is 8.12. The van der Waals surface area contributed by atoms with Crippen LogP contribution in [0.3, 0.4) is 0 Å². The number of ether oxygens (including phenoxy) is 2. The first-order valence-corrected chi connectivity index (χ1v) is 8.12. The number of esters is 1. The van der Waals surface area contributed by atoms with E-state index in [0.29, 0.717) is 16.4 Å². The van der Waals surface area contributed by atoms with Gasteiger partial charge in [0.2, 0.25) is 0 Å². The molecule has 0 atom stereocenters. The molecule has 6 heteroatoms. The minimum Gasteiger partial charge on any atom is -0.461 e. The molecule has 0 radical (unpaired) electrons. The highest BCUT2D eigenvalue weighted by molar-refractivity contribution is 6.14. The molecule has 1 aromatic carbocycles. The van der Waals surface area contributed by atoms with Gasteiger partial charge in [0.25, 0.3) is 0 Å². The summed E-state index contributed by atoms with van der Waals surface area (Å²) in [6.07, 6.45) is 1.09. The Kier molecular flexibility index (Phi) is 4.20. The van der Waals surface area contributed by atoms with E-state index in [9.17, 15) is 9.59 Å². The van der Waals surface area contributed by atoms with E-state index in [4.69, 9.17) is 9.47 Å². The standard InChI is InChI=1S/C19H20N2O4/c1-5-24-17(22)15-13-10-11-21(18(23)25-19(2,3)4)16(13)12-8-6-7-9-14(12)20-15/h6-11H,5H2,1-4H3/p+1. The smallest absolute Gasteiger partial charge is 0.461 e. The molecule has 0 fully saturated rings. The summed E-state index contributed by atoms with van der Waals surface area (Å²) in [5.74, 6) is -0.514. The first kappa shape index (κ1) is 17.0. The van der Waals surface area contributed by atoms with Crippen molar-refractivity contribution in [3.8, 4) is 0 Å². The maximum absolute atomic E-state index is 12.6. The fourth-order valence-corrected chi connectivity index (χ4v) is 2.67. The zero-order valence-corrected chi connectivity index (χ0v) is 14.7. The molecule has 0 aliphatic carbocycles. The van der Waals surface area contributed by atoms with Crippen LogP contribution in [0.15, 0.2) is 36.5 Å². The van der Waals surface area contributed by atoms with Gasteiger partial charge in [-0.2, -0.15) is 0 Å². The van der Waals surface area contributed by atoms with E-state index >= 15 is 0 Å². The second-order valence-corrected chi connectivity index (χ2v) is 6.63. The molecule has 3 rings (SSSR count). The minimum absolute atomic E-state index is 0. The Bertz CT molecular complexity index is 973. The van der Waals surface area contributed by atoms with Gasteiger partial charge in [-0.1, -0.05) is 18.2 Å². The summed E-state index contributed by atoms with van der Waals surface area (Å²) in [4.78, 5) is 29.3. The predicted molar refractivity (Wildman–Crippen MR) is 95.9 cm³/mol. The van der Waals surface area contributed by atoms with E-state index in [1.807, 2.05) is 18.2 Å². The molecule has 25 heavy (non-hydrogen) atoms. The van der Waals surface area contributed by atoms with Gasteiger partial charge in [0.15, 0.2) is 5.69 Å². The van der Waals surface area contributed by atoms with Gasteiger partial charge in [0, 0.05) is 17.0 Å². The van der Waals surface area contributed by atoms with Gasteiger partial charge in [0.05, 0.1) is 17.6 Å². The number of carbonyl (C=O) groups is 2. The van der Waals surface area contributed by atoms with Gasteiger partial charge < -0.3 is 9.47 Å². The Balaban J connectivity index is 0.00000243. The molecule has 0 amide bonds. The van der Waals surface area contributed by atoms with Crippen LogP contribution in [0, 0.1) is 0 Å². The summed E-state index contributed by atoms with van der Waals surface area (Å²) in [7, 11) is 0. The van der Waals surface area contributed by atoms with Gasteiger partial charge in [0.1, 0.15) is 5.60 Å². The maximum Gasteiger partial charge on any atom is 1.00 e. The molecule has 0 unspecified atom stereocenters. The molecule has 6 nitrogen and oxygen atoms in total. The average Bonchev–Trinajstić information content (AvgIpc) is 2.98. The van der Waals surface area contributed by atoms with Crippen LogP contribution in [0.4, 0.5) is 4.79 Å². The van der Waals surface area contributed by atoms with E-state index in [2.05, 4.69) is 4.98 Å². The van der Waals surface area contributed by atoms with Crippen LogP contribution in [0.25, 0.3) is 21.8 Å². The lowest BCUT2D eigenvalue weighted by atomic mass is 10.1. The lowest BCUT2D eigenvalue weighted by molar-refractivity contribution is 0.0516. The van der Waals surface area contributed by atoms with Gasteiger partial charge in [-0.25, -0.2) is 14.6 Å². The van der Waals surface area contributed by atoms with Crippen molar-refractivity contribution in [1.29, 1.82) is 0 Å². The molecule has 130 valence electrons. The molecule has 0 saturated carbocycles. The van der Waals surface area contributed by atoms with Crippen molar-refractivity contribution in [1.82, 2.24) is 9.55 Å². The van der Waals surface area contributed by atoms with Gasteiger partial charge in [-0.05, 0) is 39.8 Å². The maximum atomic E-state index is 12.6.